The highest BCUT2D eigenvalue weighted by atomic mass is 32.1. The fourth-order valence-corrected chi connectivity index (χ4v) is 6.05. The van der Waals surface area contributed by atoms with Crippen LogP contribution in [0.2, 0.25) is 0 Å². The van der Waals surface area contributed by atoms with E-state index in [1.54, 1.807) is 25.3 Å². The van der Waals surface area contributed by atoms with E-state index in [0.29, 0.717) is 44.3 Å². The van der Waals surface area contributed by atoms with Gasteiger partial charge in [-0.2, -0.15) is 0 Å². The molecule has 2 aromatic heterocycles. The van der Waals surface area contributed by atoms with Crippen LogP contribution >= 0.6 is 11.3 Å². The molecule has 8 N–H and O–H groups in total. The molecule has 14 heteroatoms. The molecule has 1 atom stereocenters. The lowest BCUT2D eigenvalue weighted by molar-refractivity contribution is 0.0935. The molecule has 0 saturated carbocycles. The average molecular weight is 580 g/mol. The predicted octanol–water partition coefficient (Wildman–Crippen LogP) is 4.09. The zero-order chi connectivity index (χ0) is 29.0. The molecule has 13 nitrogen and oxygen atoms in total. The number of hydrogen-bond donors (Lipinski definition) is 8. The summed E-state index contributed by atoms with van der Waals surface area (Å²) in [6.07, 6.45) is 3.40. The number of phenolic OH excluding ortho intramolecular Hbond substituents is 5. The maximum Gasteiger partial charge on any atom is 0.331 e. The van der Waals surface area contributed by atoms with E-state index in [0.717, 1.165) is 19.4 Å². The third-order valence-electron chi connectivity index (χ3n) is 7.04. The molecule has 2 aliphatic heterocycles. The summed E-state index contributed by atoms with van der Waals surface area (Å²) in [7, 11) is 0. The fraction of sp³-hybridized carbons (Fsp3) is 0.222. The Hall–Kier alpha value is -4.95. The number of aromatic hydroxyl groups is 5. The number of carbonyl (C=O) groups is 2. The summed E-state index contributed by atoms with van der Waals surface area (Å²) in [5, 5.41) is 59.2. The Morgan fingerprint density at radius 1 is 1.07 bits per heavy atom. The van der Waals surface area contributed by atoms with Crippen molar-refractivity contribution in [3.63, 3.8) is 0 Å². The number of hydrogen-bond acceptors (Lipinski definition) is 11. The Morgan fingerprint density at radius 3 is 2.49 bits per heavy atom. The van der Waals surface area contributed by atoms with Gasteiger partial charge in [-0.1, -0.05) is 0 Å². The zero-order valence-corrected chi connectivity index (χ0v) is 22.4. The van der Waals surface area contributed by atoms with Crippen LogP contribution in [0, 0.1) is 6.92 Å². The number of benzene rings is 2. The zero-order valence-electron chi connectivity index (χ0n) is 21.6. The normalized spacial score (nSPS) is 16.5. The number of aryl methyl sites for hydroxylation is 1. The van der Waals surface area contributed by atoms with E-state index in [-0.39, 0.29) is 17.7 Å². The first-order valence-electron chi connectivity index (χ1n) is 12.7. The van der Waals surface area contributed by atoms with Crippen LogP contribution in [0.5, 0.6) is 40.2 Å². The van der Waals surface area contributed by atoms with Crippen molar-refractivity contribution < 1.29 is 39.9 Å². The molecule has 1 fully saturated rings. The van der Waals surface area contributed by atoms with Crippen molar-refractivity contribution in [1.29, 1.82) is 0 Å². The van der Waals surface area contributed by atoms with Crippen LogP contribution in [-0.4, -0.2) is 61.6 Å². The van der Waals surface area contributed by atoms with E-state index in [4.69, 9.17) is 4.74 Å². The van der Waals surface area contributed by atoms with Crippen molar-refractivity contribution in [2.24, 2.45) is 0 Å². The standard InChI is InChI=1S/C27H25N5O8S/c1-11-9-13(40-23-21(36)19(34)18(33)20(35)22(23)37)4-5-14(11)32-15-6-8-29-26-16(15)17(31-27(32)39)24(41-26)25(38)30-12-3-2-7-28-10-12/h4-6,8-9,12,28,33-37H,2-3,7,10H2,1H3,(H,30,38)(H,31,39)/t12-/m1/s1. The summed E-state index contributed by atoms with van der Waals surface area (Å²) in [6, 6.07) is 5.74. The smallest absolute Gasteiger partial charge is 0.331 e. The number of pyridine rings is 1. The van der Waals surface area contributed by atoms with E-state index >= 15 is 0 Å². The molecule has 3 amide bonds. The van der Waals surface area contributed by atoms with Crippen molar-refractivity contribution in [3.8, 4) is 40.2 Å². The summed E-state index contributed by atoms with van der Waals surface area (Å²) in [6.45, 7) is 3.31. The van der Waals surface area contributed by atoms with Gasteiger partial charge >= 0.3 is 6.03 Å². The molecule has 212 valence electrons. The average Bonchev–Trinajstić information content (AvgIpc) is 3.34. The van der Waals surface area contributed by atoms with Gasteiger partial charge in [0.25, 0.3) is 5.91 Å². The molecular weight excluding hydrogens is 554 g/mol. The van der Waals surface area contributed by atoms with Crippen LogP contribution in [0.25, 0.3) is 10.2 Å². The van der Waals surface area contributed by atoms with Gasteiger partial charge in [-0.25, -0.2) is 9.78 Å². The second-order valence-corrected chi connectivity index (χ2v) is 10.7. The molecule has 4 aromatic rings. The lowest BCUT2D eigenvalue weighted by Crippen LogP contribution is -2.45. The summed E-state index contributed by atoms with van der Waals surface area (Å²) >= 11 is 1.20. The highest BCUT2D eigenvalue weighted by Crippen LogP contribution is 2.56. The molecule has 6 rings (SSSR count). The van der Waals surface area contributed by atoms with E-state index in [9.17, 15) is 35.1 Å². The fourth-order valence-electron chi connectivity index (χ4n) is 5.03. The molecule has 0 bridgehead atoms. The second kappa shape index (κ2) is 9.91. The number of carbonyl (C=O) groups excluding carboxylic acids is 2. The van der Waals surface area contributed by atoms with Gasteiger partial charge in [0, 0.05) is 18.8 Å². The van der Waals surface area contributed by atoms with Gasteiger partial charge in [-0.15, -0.1) is 11.3 Å². The van der Waals surface area contributed by atoms with Crippen LogP contribution in [0.3, 0.4) is 0 Å². The number of ether oxygens (including phenoxy) is 1. The minimum Gasteiger partial charge on any atom is -0.502 e. The van der Waals surface area contributed by atoms with Gasteiger partial charge in [-0.3, -0.25) is 9.69 Å². The Balaban J connectivity index is 1.34. The number of piperidine rings is 1. The first-order valence-corrected chi connectivity index (χ1v) is 13.5. The number of thiophene rings is 1. The Kier molecular flexibility index (Phi) is 6.35. The predicted molar refractivity (Wildman–Crippen MR) is 150 cm³/mol. The number of urea groups is 1. The first-order chi connectivity index (χ1) is 19.7. The van der Waals surface area contributed by atoms with Crippen molar-refractivity contribution >= 4 is 50.6 Å². The Bertz CT molecular complexity index is 1700. The molecule has 41 heavy (non-hydrogen) atoms. The summed E-state index contributed by atoms with van der Waals surface area (Å²) in [4.78, 5) is 33.5. The van der Waals surface area contributed by atoms with Crippen LogP contribution in [-0.2, 0) is 0 Å². The van der Waals surface area contributed by atoms with Gasteiger partial charge < -0.3 is 46.2 Å². The van der Waals surface area contributed by atoms with E-state index < -0.39 is 40.5 Å². The van der Waals surface area contributed by atoms with E-state index in [1.807, 2.05) is 0 Å². The lowest BCUT2D eigenvalue weighted by atomic mass is 10.1. The van der Waals surface area contributed by atoms with Crippen molar-refractivity contribution in [2.75, 3.05) is 23.3 Å². The van der Waals surface area contributed by atoms with Crippen LogP contribution in [0.4, 0.5) is 21.9 Å². The molecule has 4 heterocycles. The molecule has 0 unspecified atom stereocenters. The monoisotopic (exact) mass is 579 g/mol. The molecule has 2 aliphatic rings. The number of rotatable bonds is 5. The molecule has 2 aromatic carbocycles. The summed E-state index contributed by atoms with van der Waals surface area (Å²) in [5.41, 5.74) is 1.97. The highest BCUT2D eigenvalue weighted by Gasteiger charge is 2.34. The highest BCUT2D eigenvalue weighted by molar-refractivity contribution is 7.21. The summed E-state index contributed by atoms with van der Waals surface area (Å²) < 4.78 is 5.51. The van der Waals surface area contributed by atoms with Crippen LogP contribution in [0.15, 0.2) is 30.5 Å². The number of anilines is 3. The third-order valence-corrected chi connectivity index (χ3v) is 8.14. The minimum absolute atomic E-state index is 0.00130. The van der Waals surface area contributed by atoms with Crippen molar-refractivity contribution in [3.05, 3.63) is 40.9 Å². The van der Waals surface area contributed by atoms with Crippen LogP contribution < -0.4 is 25.6 Å². The third kappa shape index (κ3) is 4.33. The van der Waals surface area contributed by atoms with Gasteiger partial charge in [0.1, 0.15) is 15.5 Å². The van der Waals surface area contributed by atoms with E-state index in [1.165, 1.54) is 28.4 Å². The second-order valence-electron chi connectivity index (χ2n) is 9.72. The lowest BCUT2D eigenvalue weighted by Gasteiger charge is -2.30. The van der Waals surface area contributed by atoms with Gasteiger partial charge in [0.15, 0.2) is 0 Å². The van der Waals surface area contributed by atoms with Crippen molar-refractivity contribution in [1.82, 2.24) is 15.6 Å². The SMILES string of the molecule is Cc1cc(Oc2c(O)c(O)c(O)c(O)c2O)ccc1N1C(=O)Nc2c(C(=O)N[C@@H]3CCCNC3)sc3nccc1c23. The Labute approximate surface area is 236 Å². The van der Waals surface area contributed by atoms with Crippen LogP contribution in [0.1, 0.15) is 28.1 Å². The molecular formula is C27H25N5O8S. The maximum atomic E-state index is 13.5. The number of nitrogens with one attached hydrogen (secondary N) is 3. The van der Waals surface area contributed by atoms with Gasteiger partial charge in [-0.05, 0) is 56.1 Å². The quantitative estimate of drug-likeness (QED) is 0.126. The maximum absolute atomic E-state index is 13.5. The number of aromatic nitrogens is 1. The minimum atomic E-state index is -1.10. The number of nitrogens with zero attached hydrogens (tertiary/aromatic N) is 2. The van der Waals surface area contributed by atoms with Gasteiger partial charge in [0.05, 0.1) is 22.4 Å². The molecule has 1 saturated heterocycles. The topological polar surface area (TPSA) is 197 Å². The summed E-state index contributed by atoms with van der Waals surface area (Å²) in [5.74, 6) is -6.03. The number of phenols is 5. The number of amides is 3. The Morgan fingerprint density at radius 2 is 1.80 bits per heavy atom. The van der Waals surface area contributed by atoms with Crippen molar-refractivity contribution in [2.45, 2.75) is 25.8 Å². The molecule has 0 radical (unpaired) electrons. The molecule has 0 spiro atoms. The largest absolute Gasteiger partial charge is 0.502 e. The first kappa shape index (κ1) is 26.3. The van der Waals surface area contributed by atoms with E-state index in [2.05, 4.69) is 20.9 Å². The van der Waals surface area contributed by atoms with Gasteiger partial charge in [0.2, 0.25) is 34.5 Å². The molecule has 0 aliphatic carbocycles.